The van der Waals surface area contributed by atoms with Crippen molar-refractivity contribution >= 4 is 17.4 Å². The highest BCUT2D eigenvalue weighted by atomic mass is 16.5. The minimum atomic E-state index is -0.829. The Labute approximate surface area is 206 Å². The summed E-state index contributed by atoms with van der Waals surface area (Å²) in [6.45, 7) is 5.37. The highest BCUT2D eigenvalue weighted by molar-refractivity contribution is 6.46. The molecule has 35 heavy (non-hydrogen) atoms. The Hall–Kier alpha value is -3.52. The molecule has 1 fully saturated rings. The Morgan fingerprint density at radius 2 is 1.69 bits per heavy atom. The Morgan fingerprint density at radius 3 is 2.29 bits per heavy atom. The van der Waals surface area contributed by atoms with Crippen LogP contribution in [0.5, 0.6) is 17.2 Å². The van der Waals surface area contributed by atoms with E-state index >= 15 is 0 Å². The van der Waals surface area contributed by atoms with E-state index in [9.17, 15) is 14.7 Å². The molecule has 0 bridgehead atoms. The third-order valence-electron chi connectivity index (χ3n) is 5.73. The second kappa shape index (κ2) is 11.8. The number of hydrogen-bond acceptors (Lipinski definition) is 7. The minimum Gasteiger partial charge on any atom is -0.507 e. The van der Waals surface area contributed by atoms with Crippen molar-refractivity contribution in [2.45, 2.75) is 26.3 Å². The number of rotatable bonds is 11. The molecule has 0 aliphatic carbocycles. The second-order valence-electron chi connectivity index (χ2n) is 8.68. The molecule has 8 heteroatoms. The van der Waals surface area contributed by atoms with Gasteiger partial charge in [0.1, 0.15) is 23.0 Å². The number of amides is 1. The van der Waals surface area contributed by atoms with Gasteiger partial charge in [0.2, 0.25) is 0 Å². The van der Waals surface area contributed by atoms with Crippen LogP contribution in [0.4, 0.5) is 0 Å². The second-order valence-corrected chi connectivity index (χ2v) is 8.68. The van der Waals surface area contributed by atoms with Crippen LogP contribution in [0.1, 0.15) is 37.4 Å². The van der Waals surface area contributed by atoms with Gasteiger partial charge >= 0.3 is 0 Å². The number of benzene rings is 2. The molecule has 0 spiro atoms. The maximum atomic E-state index is 13.2. The number of aliphatic hydroxyl groups is 1. The van der Waals surface area contributed by atoms with Crippen LogP contribution < -0.4 is 14.2 Å². The molecule has 1 atom stereocenters. The number of carbonyl (C=O) groups excluding carboxylic acids is 2. The van der Waals surface area contributed by atoms with Crippen molar-refractivity contribution < 1.29 is 33.6 Å². The zero-order valence-corrected chi connectivity index (χ0v) is 20.9. The van der Waals surface area contributed by atoms with E-state index in [1.807, 2.05) is 0 Å². The van der Waals surface area contributed by atoms with Gasteiger partial charge in [0, 0.05) is 37.5 Å². The summed E-state index contributed by atoms with van der Waals surface area (Å²) >= 11 is 0. The van der Waals surface area contributed by atoms with Gasteiger partial charge in [0.25, 0.3) is 11.7 Å². The lowest BCUT2D eigenvalue weighted by molar-refractivity contribution is -0.140. The van der Waals surface area contributed by atoms with Gasteiger partial charge in [-0.25, -0.2) is 0 Å². The van der Waals surface area contributed by atoms with Gasteiger partial charge in [-0.2, -0.15) is 0 Å². The molecule has 188 valence electrons. The lowest BCUT2D eigenvalue weighted by atomic mass is 9.94. The number of ether oxygens (including phenoxy) is 4. The SMILES string of the molecule is COCCCN1C(=O)C(=O)/C(=C(/O)c2ccc(OCC(C)C)cc2)[C@H]1c1ccc(OC)cc1OC. The predicted molar refractivity (Wildman–Crippen MR) is 132 cm³/mol. The number of carbonyl (C=O) groups is 2. The van der Waals surface area contributed by atoms with Gasteiger partial charge in [0.05, 0.1) is 32.4 Å². The average molecular weight is 484 g/mol. The number of ketones is 1. The van der Waals surface area contributed by atoms with Crippen molar-refractivity contribution in [3.63, 3.8) is 0 Å². The van der Waals surface area contributed by atoms with Crippen LogP contribution in [0.2, 0.25) is 0 Å². The smallest absolute Gasteiger partial charge is 0.295 e. The standard InChI is InChI=1S/C27H33NO7/c1-17(2)16-35-19-9-7-18(8-10-19)25(29)23-24(21-12-11-20(33-4)15-22(21)34-5)28(13-6-14-32-3)27(31)26(23)30/h7-12,15,17,24,29H,6,13-14,16H2,1-5H3/b25-23+/t24-/m1/s1. The first-order chi connectivity index (χ1) is 16.8. The molecule has 1 amide bonds. The van der Waals surface area contributed by atoms with Crippen molar-refractivity contribution in [2.24, 2.45) is 5.92 Å². The number of nitrogens with zero attached hydrogens (tertiary/aromatic N) is 1. The molecule has 0 aromatic heterocycles. The summed E-state index contributed by atoms with van der Waals surface area (Å²) in [5, 5.41) is 11.3. The maximum absolute atomic E-state index is 13.2. The largest absolute Gasteiger partial charge is 0.507 e. The van der Waals surface area contributed by atoms with Crippen LogP contribution in [0, 0.1) is 5.92 Å². The third kappa shape index (κ3) is 5.77. The topological polar surface area (TPSA) is 94.5 Å². The Morgan fingerprint density at radius 1 is 1.00 bits per heavy atom. The monoisotopic (exact) mass is 483 g/mol. The summed E-state index contributed by atoms with van der Waals surface area (Å²) in [6.07, 6.45) is 0.528. The summed E-state index contributed by atoms with van der Waals surface area (Å²) in [5.74, 6) is 0.358. The molecule has 1 aliphatic rings. The molecule has 1 saturated heterocycles. The molecule has 0 radical (unpaired) electrons. The molecule has 0 saturated carbocycles. The summed E-state index contributed by atoms with van der Waals surface area (Å²) in [7, 11) is 4.62. The summed E-state index contributed by atoms with van der Waals surface area (Å²) < 4.78 is 21.7. The van der Waals surface area contributed by atoms with Gasteiger partial charge in [-0.1, -0.05) is 13.8 Å². The Bertz CT molecular complexity index is 1080. The van der Waals surface area contributed by atoms with E-state index in [1.54, 1.807) is 56.7 Å². The van der Waals surface area contributed by atoms with Crippen LogP contribution >= 0.6 is 0 Å². The van der Waals surface area contributed by atoms with Gasteiger partial charge in [0.15, 0.2) is 0 Å². The number of hydrogen-bond donors (Lipinski definition) is 1. The van der Waals surface area contributed by atoms with E-state index in [0.29, 0.717) is 53.9 Å². The van der Waals surface area contributed by atoms with E-state index < -0.39 is 17.7 Å². The van der Waals surface area contributed by atoms with E-state index in [4.69, 9.17) is 18.9 Å². The number of likely N-dealkylation sites (tertiary alicyclic amines) is 1. The lowest BCUT2D eigenvalue weighted by Crippen LogP contribution is -2.31. The molecule has 3 rings (SSSR count). The van der Waals surface area contributed by atoms with Crippen LogP contribution in [-0.2, 0) is 14.3 Å². The van der Waals surface area contributed by atoms with E-state index in [2.05, 4.69) is 13.8 Å². The maximum Gasteiger partial charge on any atom is 0.295 e. The van der Waals surface area contributed by atoms with E-state index in [-0.39, 0.29) is 17.9 Å². The number of aliphatic hydroxyl groups excluding tert-OH is 1. The number of Topliss-reactive ketones (excluding diaryl/α,β-unsaturated/α-hetero) is 1. The average Bonchev–Trinajstić information content (AvgIpc) is 3.11. The van der Waals surface area contributed by atoms with Crippen molar-refractivity contribution in [1.29, 1.82) is 0 Å². The van der Waals surface area contributed by atoms with Crippen LogP contribution in [0.3, 0.4) is 0 Å². The molecule has 2 aromatic carbocycles. The van der Waals surface area contributed by atoms with E-state index in [1.165, 1.54) is 12.0 Å². The van der Waals surface area contributed by atoms with Crippen molar-refractivity contribution in [2.75, 3.05) is 41.1 Å². The Balaban J connectivity index is 2.08. The quantitative estimate of drug-likeness (QED) is 0.222. The van der Waals surface area contributed by atoms with E-state index in [0.717, 1.165) is 0 Å². The molecule has 1 N–H and O–H groups in total. The van der Waals surface area contributed by atoms with Gasteiger partial charge < -0.3 is 29.0 Å². The lowest BCUT2D eigenvalue weighted by Gasteiger charge is -2.26. The summed E-state index contributed by atoms with van der Waals surface area (Å²) in [4.78, 5) is 27.7. The molecule has 0 unspecified atom stereocenters. The zero-order valence-electron chi connectivity index (χ0n) is 20.9. The fourth-order valence-corrected chi connectivity index (χ4v) is 3.98. The first-order valence-corrected chi connectivity index (χ1v) is 11.5. The first-order valence-electron chi connectivity index (χ1n) is 11.5. The van der Waals surface area contributed by atoms with Crippen molar-refractivity contribution in [3.05, 3.63) is 59.2 Å². The third-order valence-corrected chi connectivity index (χ3v) is 5.73. The molecule has 1 aliphatic heterocycles. The van der Waals surface area contributed by atoms with Crippen molar-refractivity contribution in [1.82, 2.24) is 4.90 Å². The highest BCUT2D eigenvalue weighted by Gasteiger charge is 2.46. The first kappa shape index (κ1) is 26.1. The zero-order chi connectivity index (χ0) is 25.5. The molecule has 1 heterocycles. The minimum absolute atomic E-state index is 0.00623. The van der Waals surface area contributed by atoms with Gasteiger partial charge in [-0.15, -0.1) is 0 Å². The molecule has 8 nitrogen and oxygen atoms in total. The molecular weight excluding hydrogens is 450 g/mol. The predicted octanol–water partition coefficient (Wildman–Crippen LogP) is 4.20. The molecular formula is C27H33NO7. The number of methoxy groups -OCH3 is 3. The fourth-order valence-electron chi connectivity index (χ4n) is 3.98. The van der Waals surface area contributed by atoms with Gasteiger partial charge in [-0.05, 0) is 48.7 Å². The van der Waals surface area contributed by atoms with Crippen LogP contribution in [-0.4, -0.2) is 62.8 Å². The normalized spacial score (nSPS) is 17.2. The highest BCUT2D eigenvalue weighted by Crippen LogP contribution is 2.43. The van der Waals surface area contributed by atoms with Crippen molar-refractivity contribution in [3.8, 4) is 17.2 Å². The Kier molecular flexibility index (Phi) is 8.76. The van der Waals surface area contributed by atoms with Gasteiger partial charge in [-0.3, -0.25) is 9.59 Å². The summed E-state index contributed by atoms with van der Waals surface area (Å²) in [5.41, 5.74) is 0.990. The van der Waals surface area contributed by atoms with Crippen LogP contribution in [0.15, 0.2) is 48.0 Å². The molecule has 2 aromatic rings. The van der Waals surface area contributed by atoms with Crippen LogP contribution in [0.25, 0.3) is 5.76 Å². The fraction of sp³-hybridized carbons (Fsp3) is 0.407. The summed E-state index contributed by atoms with van der Waals surface area (Å²) in [6, 6.07) is 11.1.